The second kappa shape index (κ2) is 4.47. The van der Waals surface area contributed by atoms with E-state index < -0.39 is 16.5 Å². The lowest BCUT2D eigenvalue weighted by Gasteiger charge is -2.51. The minimum Gasteiger partial charge on any atom is -0.385 e. The van der Waals surface area contributed by atoms with Gasteiger partial charge in [0.05, 0.1) is 6.07 Å². The van der Waals surface area contributed by atoms with Crippen molar-refractivity contribution >= 4 is 44.9 Å². The first kappa shape index (κ1) is 14.4. The smallest absolute Gasteiger partial charge is 0.247 e. The van der Waals surface area contributed by atoms with Gasteiger partial charge >= 0.3 is 0 Å². The number of hydrogen-bond acceptors (Lipinski definition) is 5. The molecule has 1 aromatic rings. The van der Waals surface area contributed by atoms with E-state index in [9.17, 15) is 15.2 Å². The molecule has 0 aliphatic carbocycles. The van der Waals surface area contributed by atoms with Gasteiger partial charge in [0.15, 0.2) is 4.32 Å². The van der Waals surface area contributed by atoms with Gasteiger partial charge in [0, 0.05) is 9.62 Å². The molecule has 0 saturated carbocycles. The molecule has 20 heavy (non-hydrogen) atoms. The maximum absolute atomic E-state index is 12.5. The Bertz CT molecular complexity index is 598. The number of aliphatic hydroxyl groups is 1. The maximum atomic E-state index is 12.5. The lowest BCUT2D eigenvalue weighted by atomic mass is 9.87. The predicted molar refractivity (Wildman–Crippen MR) is 82.6 cm³/mol. The number of alkyl halides is 1. The van der Waals surface area contributed by atoms with Crippen molar-refractivity contribution in [2.75, 3.05) is 0 Å². The quantitative estimate of drug-likeness (QED) is 0.639. The molecule has 1 amide bonds. The van der Waals surface area contributed by atoms with Crippen LogP contribution < -0.4 is 0 Å². The van der Waals surface area contributed by atoms with E-state index in [0.717, 1.165) is 4.88 Å². The Morgan fingerprint density at radius 3 is 2.85 bits per heavy atom. The Balaban J connectivity index is 1.95. The fourth-order valence-electron chi connectivity index (χ4n) is 2.75. The number of thioether (sulfide) groups is 1. The van der Waals surface area contributed by atoms with E-state index in [1.165, 1.54) is 11.3 Å². The summed E-state index contributed by atoms with van der Waals surface area (Å²) in [5.41, 5.74) is 0. The van der Waals surface area contributed by atoms with Crippen molar-refractivity contribution in [1.29, 1.82) is 5.26 Å². The Hall–Kier alpha value is -0.550. The number of rotatable bonds is 2. The minimum atomic E-state index is -1.02. The zero-order valence-electron chi connectivity index (χ0n) is 10.9. The summed E-state index contributed by atoms with van der Waals surface area (Å²) >= 11 is 6.46. The molecule has 3 rings (SSSR count). The van der Waals surface area contributed by atoms with Gasteiger partial charge < -0.3 is 10.0 Å². The normalized spacial score (nSPS) is 36.1. The number of aliphatic hydroxyl groups excluding tert-OH is 1. The SMILES string of the molecule is CC1(C)S[C@@H]2N(C(=O)[C@]2(Br)[C@H](O)c2cccs2)[C@H]1C#N. The first-order valence-electron chi connectivity index (χ1n) is 6.14. The van der Waals surface area contributed by atoms with Crippen LogP contribution in [0.1, 0.15) is 24.8 Å². The number of thiophene rings is 1. The Morgan fingerprint density at radius 1 is 1.60 bits per heavy atom. The molecule has 0 spiro atoms. The van der Waals surface area contributed by atoms with Gasteiger partial charge in [-0.15, -0.1) is 23.1 Å². The van der Waals surface area contributed by atoms with Crippen molar-refractivity contribution in [2.45, 2.75) is 40.4 Å². The summed E-state index contributed by atoms with van der Waals surface area (Å²) < 4.78 is -1.36. The molecule has 7 heteroatoms. The number of carbonyl (C=O) groups is 1. The van der Waals surface area contributed by atoms with Crippen LogP contribution in [-0.2, 0) is 4.79 Å². The van der Waals surface area contributed by atoms with Gasteiger partial charge in [-0.2, -0.15) is 5.26 Å². The summed E-state index contributed by atoms with van der Waals surface area (Å²) in [6.07, 6.45) is -0.892. The van der Waals surface area contributed by atoms with E-state index in [1.54, 1.807) is 16.7 Å². The van der Waals surface area contributed by atoms with Crippen molar-refractivity contribution in [1.82, 2.24) is 4.90 Å². The number of nitrogens with zero attached hydrogens (tertiary/aromatic N) is 2. The van der Waals surface area contributed by atoms with Crippen LogP contribution in [0.2, 0.25) is 0 Å². The van der Waals surface area contributed by atoms with Crippen molar-refractivity contribution in [3.8, 4) is 6.07 Å². The fourth-order valence-corrected chi connectivity index (χ4v) is 6.24. The highest BCUT2D eigenvalue weighted by Crippen LogP contribution is 2.61. The molecule has 2 fully saturated rings. The molecule has 3 heterocycles. The van der Waals surface area contributed by atoms with Gasteiger partial charge in [0.25, 0.3) is 0 Å². The number of carbonyl (C=O) groups excluding carboxylic acids is 1. The van der Waals surface area contributed by atoms with Gasteiger partial charge in [0.1, 0.15) is 17.5 Å². The van der Waals surface area contributed by atoms with Gasteiger partial charge in [-0.05, 0) is 25.3 Å². The van der Waals surface area contributed by atoms with E-state index in [-0.39, 0.29) is 16.0 Å². The predicted octanol–water partition coefficient (Wildman–Crippen LogP) is 2.50. The molecule has 4 nitrogen and oxygen atoms in total. The highest BCUT2D eigenvalue weighted by molar-refractivity contribution is 9.10. The average molecular weight is 373 g/mol. The largest absolute Gasteiger partial charge is 0.385 e. The van der Waals surface area contributed by atoms with Crippen LogP contribution in [0.5, 0.6) is 0 Å². The lowest BCUT2D eigenvalue weighted by molar-refractivity contribution is -0.153. The van der Waals surface area contributed by atoms with Crippen LogP contribution in [0.3, 0.4) is 0 Å². The third-order valence-electron chi connectivity index (χ3n) is 3.86. The molecule has 0 aromatic carbocycles. The summed E-state index contributed by atoms with van der Waals surface area (Å²) in [6, 6.07) is 5.43. The second-order valence-electron chi connectivity index (χ2n) is 5.50. The molecule has 2 saturated heterocycles. The molecule has 0 radical (unpaired) electrons. The third-order valence-corrected chi connectivity index (χ3v) is 7.95. The molecule has 2 aliphatic heterocycles. The second-order valence-corrected chi connectivity index (χ2v) is 9.53. The van der Waals surface area contributed by atoms with Gasteiger partial charge in [0.2, 0.25) is 5.91 Å². The Morgan fingerprint density at radius 2 is 2.30 bits per heavy atom. The van der Waals surface area contributed by atoms with Crippen LogP contribution in [0.4, 0.5) is 0 Å². The summed E-state index contributed by atoms with van der Waals surface area (Å²) in [4.78, 5) is 14.9. The standard InChI is InChI=1S/C13H13BrN2O2S2/c1-12(2)8(6-15)16-10(18)13(14,11(16)20-12)9(17)7-4-3-5-19-7/h3-5,8-9,11,17H,1-2H3/t8-,9+,11-,13+/m0/s1. The Labute approximate surface area is 133 Å². The summed E-state index contributed by atoms with van der Waals surface area (Å²) in [6.45, 7) is 3.92. The van der Waals surface area contributed by atoms with Crippen LogP contribution >= 0.6 is 39.0 Å². The molecular weight excluding hydrogens is 360 g/mol. The molecule has 4 atom stereocenters. The number of fused-ring (bicyclic) bond motifs is 1. The molecule has 106 valence electrons. The van der Waals surface area contributed by atoms with Gasteiger partial charge in [-0.1, -0.05) is 22.0 Å². The van der Waals surface area contributed by atoms with E-state index in [0.29, 0.717) is 0 Å². The van der Waals surface area contributed by atoms with Crippen LogP contribution in [0.15, 0.2) is 17.5 Å². The van der Waals surface area contributed by atoms with E-state index in [1.807, 2.05) is 31.4 Å². The molecule has 2 aliphatic rings. The third kappa shape index (κ3) is 1.65. The minimum absolute atomic E-state index is 0.201. The van der Waals surface area contributed by atoms with Gasteiger partial charge in [-0.25, -0.2) is 0 Å². The number of nitriles is 1. The maximum Gasteiger partial charge on any atom is 0.247 e. The fraction of sp³-hybridized carbons (Fsp3) is 0.538. The van der Waals surface area contributed by atoms with E-state index >= 15 is 0 Å². The number of β-lactam (4-membered cyclic amide) rings is 1. The van der Waals surface area contributed by atoms with Crippen LogP contribution in [-0.4, -0.2) is 36.4 Å². The Kier molecular flexibility index (Phi) is 3.22. The summed E-state index contributed by atoms with van der Waals surface area (Å²) in [5, 5.41) is 21.5. The van der Waals surface area contributed by atoms with Crippen molar-refractivity contribution in [3.05, 3.63) is 22.4 Å². The topological polar surface area (TPSA) is 64.3 Å². The zero-order valence-corrected chi connectivity index (χ0v) is 14.1. The van der Waals surface area contributed by atoms with Crippen molar-refractivity contribution in [3.63, 3.8) is 0 Å². The van der Waals surface area contributed by atoms with E-state index in [4.69, 9.17) is 0 Å². The average Bonchev–Trinajstić information content (AvgIpc) is 3.01. The monoisotopic (exact) mass is 372 g/mol. The molecular formula is C13H13BrN2O2S2. The van der Waals surface area contributed by atoms with Gasteiger partial charge in [-0.3, -0.25) is 4.79 Å². The highest BCUT2D eigenvalue weighted by atomic mass is 79.9. The van der Waals surface area contributed by atoms with E-state index in [2.05, 4.69) is 22.0 Å². The first-order valence-corrected chi connectivity index (χ1v) is 8.70. The first-order chi connectivity index (χ1) is 9.34. The molecule has 1 aromatic heterocycles. The molecule has 0 bridgehead atoms. The van der Waals surface area contributed by atoms with Crippen molar-refractivity contribution in [2.24, 2.45) is 0 Å². The molecule has 0 unspecified atom stereocenters. The summed E-state index contributed by atoms with van der Waals surface area (Å²) in [5.74, 6) is -0.201. The molecule has 1 N–H and O–H groups in total. The lowest BCUT2D eigenvalue weighted by Crippen LogP contribution is -2.71. The zero-order chi connectivity index (χ0) is 14.7. The highest BCUT2D eigenvalue weighted by Gasteiger charge is 2.71. The van der Waals surface area contributed by atoms with Crippen molar-refractivity contribution < 1.29 is 9.90 Å². The number of hydrogen-bond donors (Lipinski definition) is 1. The number of halogens is 1. The van der Waals surface area contributed by atoms with Crippen LogP contribution in [0, 0.1) is 11.3 Å². The van der Waals surface area contributed by atoms with Crippen LogP contribution in [0.25, 0.3) is 0 Å². The summed E-state index contributed by atoms with van der Waals surface area (Å²) in [7, 11) is 0. The number of amides is 1.